The number of nitrogens with one attached hydrogen (secondary N) is 1. The van der Waals surface area contributed by atoms with Gasteiger partial charge in [0.25, 0.3) is 0 Å². The lowest BCUT2D eigenvalue weighted by Gasteiger charge is -2.27. The average molecular weight is 248 g/mol. The van der Waals surface area contributed by atoms with Crippen LogP contribution < -0.4 is 10.1 Å². The number of hydrogen-bond donors (Lipinski definition) is 1. The molecule has 1 heterocycles. The Hall–Kier alpha value is -1.06. The van der Waals surface area contributed by atoms with Crippen LogP contribution in [0.25, 0.3) is 0 Å². The molecule has 0 saturated carbocycles. The van der Waals surface area contributed by atoms with Crippen LogP contribution in [0.1, 0.15) is 31.9 Å². The van der Waals surface area contributed by atoms with Crippen molar-refractivity contribution in [2.75, 3.05) is 32.8 Å². The van der Waals surface area contributed by atoms with Crippen molar-refractivity contribution in [3.05, 3.63) is 29.8 Å². The number of ether oxygens (including phenoxy) is 1. The minimum atomic E-state index is 0.487. The molecule has 1 aliphatic rings. The standard InChI is InChI=1S/C15H24N2O/c1-3-18-15-7-5-14(6-8-15)13(2)17-11-4-9-16-10-12-17/h5-8,13,16H,3-4,9-12H2,1-2H3. The van der Waals surface area contributed by atoms with Gasteiger partial charge in [0, 0.05) is 19.1 Å². The van der Waals surface area contributed by atoms with Gasteiger partial charge in [-0.15, -0.1) is 0 Å². The largest absolute Gasteiger partial charge is 0.494 e. The molecule has 1 atom stereocenters. The molecule has 3 nitrogen and oxygen atoms in total. The van der Waals surface area contributed by atoms with Gasteiger partial charge in [-0.2, -0.15) is 0 Å². The molecular formula is C15H24N2O. The summed E-state index contributed by atoms with van der Waals surface area (Å²) in [5, 5.41) is 3.45. The Labute approximate surface area is 110 Å². The van der Waals surface area contributed by atoms with Crippen LogP contribution in [0.5, 0.6) is 5.75 Å². The van der Waals surface area contributed by atoms with Crippen molar-refractivity contribution < 1.29 is 4.74 Å². The summed E-state index contributed by atoms with van der Waals surface area (Å²) in [5.74, 6) is 0.964. The van der Waals surface area contributed by atoms with E-state index in [-0.39, 0.29) is 0 Å². The van der Waals surface area contributed by atoms with E-state index < -0.39 is 0 Å². The monoisotopic (exact) mass is 248 g/mol. The van der Waals surface area contributed by atoms with Crippen LogP contribution in [0.3, 0.4) is 0 Å². The smallest absolute Gasteiger partial charge is 0.119 e. The molecule has 0 amide bonds. The summed E-state index contributed by atoms with van der Waals surface area (Å²) < 4.78 is 5.48. The molecule has 1 N–H and O–H groups in total. The summed E-state index contributed by atoms with van der Waals surface area (Å²) in [5.41, 5.74) is 1.38. The van der Waals surface area contributed by atoms with E-state index in [1.165, 1.54) is 18.5 Å². The molecule has 0 bridgehead atoms. The number of rotatable bonds is 4. The molecule has 0 aromatic heterocycles. The van der Waals surface area contributed by atoms with E-state index in [0.717, 1.165) is 32.0 Å². The second-order valence-electron chi connectivity index (χ2n) is 4.82. The molecule has 1 aromatic rings. The maximum Gasteiger partial charge on any atom is 0.119 e. The molecule has 18 heavy (non-hydrogen) atoms. The van der Waals surface area contributed by atoms with E-state index in [4.69, 9.17) is 4.74 Å². The average Bonchev–Trinajstić information content (AvgIpc) is 2.68. The van der Waals surface area contributed by atoms with Gasteiger partial charge in [-0.3, -0.25) is 4.90 Å². The van der Waals surface area contributed by atoms with Crippen LogP contribution in [0.15, 0.2) is 24.3 Å². The van der Waals surface area contributed by atoms with Gasteiger partial charge in [-0.05, 0) is 51.1 Å². The van der Waals surface area contributed by atoms with E-state index in [1.54, 1.807) is 0 Å². The van der Waals surface area contributed by atoms with Crippen LogP contribution in [0.4, 0.5) is 0 Å². The van der Waals surface area contributed by atoms with E-state index >= 15 is 0 Å². The van der Waals surface area contributed by atoms with Gasteiger partial charge in [0.2, 0.25) is 0 Å². The van der Waals surface area contributed by atoms with Gasteiger partial charge < -0.3 is 10.1 Å². The van der Waals surface area contributed by atoms with Crippen molar-refractivity contribution in [3.8, 4) is 5.75 Å². The molecule has 0 spiro atoms. The quantitative estimate of drug-likeness (QED) is 0.885. The molecule has 1 aromatic carbocycles. The number of hydrogen-bond acceptors (Lipinski definition) is 3. The predicted octanol–water partition coefficient (Wildman–Crippen LogP) is 2.44. The van der Waals surface area contributed by atoms with E-state index in [9.17, 15) is 0 Å². The van der Waals surface area contributed by atoms with Crippen LogP contribution in [0, 0.1) is 0 Å². The van der Waals surface area contributed by atoms with Crippen molar-refractivity contribution in [3.63, 3.8) is 0 Å². The van der Waals surface area contributed by atoms with Crippen molar-refractivity contribution in [1.29, 1.82) is 0 Å². The molecule has 1 fully saturated rings. The highest BCUT2D eigenvalue weighted by Gasteiger charge is 2.16. The molecular weight excluding hydrogens is 224 g/mol. The third kappa shape index (κ3) is 3.47. The second-order valence-corrected chi connectivity index (χ2v) is 4.82. The van der Waals surface area contributed by atoms with Gasteiger partial charge in [0.05, 0.1) is 6.61 Å². The van der Waals surface area contributed by atoms with Crippen molar-refractivity contribution in [1.82, 2.24) is 10.2 Å². The molecule has 3 heteroatoms. The van der Waals surface area contributed by atoms with Crippen LogP contribution >= 0.6 is 0 Å². The maximum absolute atomic E-state index is 5.48. The minimum Gasteiger partial charge on any atom is -0.494 e. The molecule has 100 valence electrons. The predicted molar refractivity (Wildman–Crippen MR) is 75.1 cm³/mol. The maximum atomic E-state index is 5.48. The first-order valence-corrected chi connectivity index (χ1v) is 6.99. The van der Waals surface area contributed by atoms with E-state index in [1.807, 2.05) is 6.92 Å². The van der Waals surface area contributed by atoms with Crippen LogP contribution in [0.2, 0.25) is 0 Å². The molecule has 0 radical (unpaired) electrons. The first-order valence-electron chi connectivity index (χ1n) is 6.99. The van der Waals surface area contributed by atoms with Crippen molar-refractivity contribution in [2.45, 2.75) is 26.3 Å². The highest BCUT2D eigenvalue weighted by Crippen LogP contribution is 2.23. The summed E-state index contributed by atoms with van der Waals surface area (Å²) in [7, 11) is 0. The molecule has 1 aliphatic heterocycles. The topological polar surface area (TPSA) is 24.5 Å². The van der Waals surface area contributed by atoms with Crippen LogP contribution in [-0.4, -0.2) is 37.7 Å². The summed E-state index contributed by atoms with van der Waals surface area (Å²) >= 11 is 0. The Morgan fingerprint density at radius 3 is 2.72 bits per heavy atom. The minimum absolute atomic E-state index is 0.487. The van der Waals surface area contributed by atoms with Crippen molar-refractivity contribution >= 4 is 0 Å². The van der Waals surface area contributed by atoms with Gasteiger partial charge >= 0.3 is 0 Å². The number of nitrogens with zero attached hydrogens (tertiary/aromatic N) is 1. The lowest BCUT2D eigenvalue weighted by molar-refractivity contribution is 0.225. The SMILES string of the molecule is CCOc1ccc(C(C)N2CCCNCC2)cc1. The number of benzene rings is 1. The molecule has 1 saturated heterocycles. The van der Waals surface area contributed by atoms with Gasteiger partial charge in [0.15, 0.2) is 0 Å². The Bertz CT molecular complexity index is 342. The fourth-order valence-electron chi connectivity index (χ4n) is 2.47. The van der Waals surface area contributed by atoms with E-state index in [0.29, 0.717) is 6.04 Å². The summed E-state index contributed by atoms with van der Waals surface area (Å²) in [6, 6.07) is 9.01. The zero-order valence-corrected chi connectivity index (χ0v) is 11.5. The summed E-state index contributed by atoms with van der Waals surface area (Å²) in [6.45, 7) is 9.60. The zero-order valence-electron chi connectivity index (χ0n) is 11.5. The van der Waals surface area contributed by atoms with E-state index in [2.05, 4.69) is 41.4 Å². The Kier molecular flexibility index (Phi) is 5.02. The zero-order chi connectivity index (χ0) is 12.8. The normalized spacial score (nSPS) is 19.2. The summed E-state index contributed by atoms with van der Waals surface area (Å²) in [6.07, 6.45) is 1.24. The van der Waals surface area contributed by atoms with Gasteiger partial charge in [-0.1, -0.05) is 12.1 Å². The molecule has 1 unspecified atom stereocenters. The fourth-order valence-corrected chi connectivity index (χ4v) is 2.47. The third-order valence-corrected chi connectivity index (χ3v) is 3.60. The molecule has 2 rings (SSSR count). The first-order chi connectivity index (χ1) is 8.81. The van der Waals surface area contributed by atoms with Crippen molar-refractivity contribution in [2.24, 2.45) is 0 Å². The highest BCUT2D eigenvalue weighted by molar-refractivity contribution is 5.29. The lowest BCUT2D eigenvalue weighted by atomic mass is 10.1. The Morgan fingerprint density at radius 1 is 1.22 bits per heavy atom. The lowest BCUT2D eigenvalue weighted by Crippen LogP contribution is -2.30. The fraction of sp³-hybridized carbons (Fsp3) is 0.600. The molecule has 0 aliphatic carbocycles. The second kappa shape index (κ2) is 6.76. The van der Waals surface area contributed by atoms with Gasteiger partial charge in [-0.25, -0.2) is 0 Å². The van der Waals surface area contributed by atoms with Gasteiger partial charge in [0.1, 0.15) is 5.75 Å². The highest BCUT2D eigenvalue weighted by atomic mass is 16.5. The third-order valence-electron chi connectivity index (χ3n) is 3.60. The first kappa shape index (κ1) is 13.4. The Balaban J connectivity index is 2.00. The van der Waals surface area contributed by atoms with Crippen LogP contribution in [-0.2, 0) is 0 Å². The summed E-state index contributed by atoms with van der Waals surface area (Å²) in [4.78, 5) is 2.55. The Morgan fingerprint density at radius 2 is 2.00 bits per heavy atom.